The van der Waals surface area contributed by atoms with Crippen LogP contribution in [0, 0.1) is 0 Å². The van der Waals surface area contributed by atoms with Crippen LogP contribution in [0.2, 0.25) is 0 Å². The van der Waals surface area contributed by atoms with Gasteiger partial charge in [0, 0.05) is 39.2 Å². The fourth-order valence-electron chi connectivity index (χ4n) is 5.08. The van der Waals surface area contributed by atoms with Gasteiger partial charge in [-0.05, 0) is 30.5 Å². The number of unbranched alkanes of at least 4 members (excludes halogenated alkanes) is 13. The van der Waals surface area contributed by atoms with Gasteiger partial charge in [0.1, 0.15) is 11.9 Å². The number of rotatable bonds is 27. The largest absolute Gasteiger partial charge is 0.527 e. The summed E-state index contributed by atoms with van der Waals surface area (Å²) in [6.45, 7) is 7.99. The lowest BCUT2D eigenvalue weighted by atomic mass is 10.0. The van der Waals surface area contributed by atoms with Crippen molar-refractivity contribution in [3.63, 3.8) is 0 Å². The van der Waals surface area contributed by atoms with E-state index in [1.165, 1.54) is 77.0 Å². The minimum absolute atomic E-state index is 0.0867. The van der Waals surface area contributed by atoms with Crippen molar-refractivity contribution >= 4 is 7.82 Å². The van der Waals surface area contributed by atoms with Crippen molar-refractivity contribution in [1.82, 2.24) is 9.80 Å². The van der Waals surface area contributed by atoms with Crippen molar-refractivity contribution in [2.75, 3.05) is 40.1 Å². The molecule has 9 heteroatoms. The molecule has 1 N–H and O–H groups in total. The second-order valence-electron chi connectivity index (χ2n) is 11.5. The zero-order valence-corrected chi connectivity index (χ0v) is 27.6. The van der Waals surface area contributed by atoms with Gasteiger partial charge in [-0.2, -0.15) is 0 Å². The molecule has 0 bridgehead atoms. The first kappa shape index (κ1) is 36.6. The van der Waals surface area contributed by atoms with Gasteiger partial charge in [0.15, 0.2) is 0 Å². The van der Waals surface area contributed by atoms with E-state index in [1.807, 2.05) is 12.1 Å². The minimum atomic E-state index is -4.28. The van der Waals surface area contributed by atoms with E-state index in [0.717, 1.165) is 44.6 Å². The van der Waals surface area contributed by atoms with Crippen molar-refractivity contribution in [1.29, 1.82) is 0 Å². The van der Waals surface area contributed by atoms with E-state index in [-0.39, 0.29) is 12.4 Å². The SMILES string of the molecule is CCCCCCCCCCCCCCCCOCC(COP(=O)(O)Oc1ccc(CN2C=CN(CCC)C2)cc1)OC. The molecule has 0 fully saturated rings. The van der Waals surface area contributed by atoms with E-state index < -0.39 is 13.9 Å². The molecule has 1 heterocycles. The van der Waals surface area contributed by atoms with Gasteiger partial charge >= 0.3 is 7.82 Å². The molecule has 0 saturated heterocycles. The highest BCUT2D eigenvalue weighted by atomic mass is 31.2. The van der Waals surface area contributed by atoms with Crippen LogP contribution in [0.5, 0.6) is 5.75 Å². The van der Waals surface area contributed by atoms with E-state index in [4.69, 9.17) is 18.5 Å². The number of hydrogen-bond donors (Lipinski definition) is 1. The molecule has 0 saturated carbocycles. The molecule has 0 spiro atoms. The molecular weight excluding hydrogens is 551 g/mol. The molecule has 2 rings (SSSR count). The molecule has 1 aromatic rings. The minimum Gasteiger partial charge on any atom is -0.404 e. The Morgan fingerprint density at radius 3 is 1.93 bits per heavy atom. The van der Waals surface area contributed by atoms with Gasteiger partial charge in [-0.3, -0.25) is 9.42 Å². The zero-order chi connectivity index (χ0) is 30.3. The number of benzene rings is 1. The van der Waals surface area contributed by atoms with Gasteiger partial charge in [-0.25, -0.2) is 4.57 Å². The first-order valence-electron chi connectivity index (χ1n) is 16.5. The van der Waals surface area contributed by atoms with Crippen LogP contribution in [0.15, 0.2) is 36.7 Å². The van der Waals surface area contributed by atoms with Crippen LogP contribution in [0.25, 0.3) is 0 Å². The molecule has 1 aliphatic rings. The molecule has 2 atom stereocenters. The fraction of sp³-hybridized carbons (Fsp3) is 0.758. The predicted molar refractivity (Wildman–Crippen MR) is 171 cm³/mol. The summed E-state index contributed by atoms with van der Waals surface area (Å²) in [6.07, 6.45) is 23.4. The Kier molecular flexibility index (Phi) is 20.0. The topological polar surface area (TPSA) is 80.7 Å². The standard InChI is InChI=1S/C33H59N2O6P/c1-4-6-7-8-9-10-11-12-13-14-15-16-17-18-26-39-28-33(38-3)29-40-42(36,37)41-32-21-19-31(20-22-32)27-35-25-24-34(30-35)23-5-2/h19-22,24-25,33H,4-18,23,26-30H2,1-3H3,(H,36,37). The molecule has 0 amide bonds. The van der Waals surface area contributed by atoms with E-state index in [0.29, 0.717) is 13.2 Å². The molecule has 0 aromatic heterocycles. The van der Waals surface area contributed by atoms with Crippen LogP contribution in [-0.4, -0.2) is 60.9 Å². The lowest BCUT2D eigenvalue weighted by Gasteiger charge is -2.21. The summed E-state index contributed by atoms with van der Waals surface area (Å²) in [7, 11) is -2.74. The molecule has 242 valence electrons. The summed E-state index contributed by atoms with van der Waals surface area (Å²) in [5, 5.41) is 0. The molecular formula is C33H59N2O6P. The zero-order valence-electron chi connectivity index (χ0n) is 26.7. The smallest absolute Gasteiger partial charge is 0.404 e. The Balaban J connectivity index is 1.48. The van der Waals surface area contributed by atoms with Gasteiger partial charge in [-0.1, -0.05) is 109 Å². The summed E-state index contributed by atoms with van der Waals surface area (Å²) in [5.74, 6) is 0.289. The normalized spacial score (nSPS) is 15.3. The van der Waals surface area contributed by atoms with Gasteiger partial charge in [0.05, 0.1) is 19.9 Å². The second-order valence-corrected chi connectivity index (χ2v) is 12.9. The number of phosphoric ester groups is 1. The summed E-state index contributed by atoms with van der Waals surface area (Å²) >= 11 is 0. The third-order valence-electron chi connectivity index (χ3n) is 7.60. The number of phosphoric acid groups is 1. The summed E-state index contributed by atoms with van der Waals surface area (Å²) in [4.78, 5) is 14.7. The van der Waals surface area contributed by atoms with Crippen molar-refractivity contribution in [3.8, 4) is 5.75 Å². The van der Waals surface area contributed by atoms with Gasteiger partial charge in [-0.15, -0.1) is 0 Å². The Bertz CT molecular complexity index is 869. The maximum Gasteiger partial charge on any atom is 0.527 e. The van der Waals surface area contributed by atoms with Crippen molar-refractivity contribution < 1.29 is 28.0 Å². The van der Waals surface area contributed by atoms with E-state index in [2.05, 4.69) is 36.0 Å². The Morgan fingerprint density at radius 2 is 1.36 bits per heavy atom. The molecule has 42 heavy (non-hydrogen) atoms. The lowest BCUT2D eigenvalue weighted by molar-refractivity contribution is -0.0197. The van der Waals surface area contributed by atoms with Crippen LogP contribution in [0.4, 0.5) is 0 Å². The fourth-order valence-corrected chi connectivity index (χ4v) is 5.87. The molecule has 1 aliphatic heterocycles. The monoisotopic (exact) mass is 610 g/mol. The van der Waals surface area contributed by atoms with Crippen LogP contribution in [0.1, 0.15) is 116 Å². The lowest BCUT2D eigenvalue weighted by Crippen LogP contribution is -2.25. The average molecular weight is 611 g/mol. The quantitative estimate of drug-likeness (QED) is 0.0783. The Morgan fingerprint density at radius 1 is 0.786 bits per heavy atom. The van der Waals surface area contributed by atoms with Crippen LogP contribution in [-0.2, 0) is 25.1 Å². The van der Waals surface area contributed by atoms with Crippen molar-refractivity contribution in [3.05, 3.63) is 42.2 Å². The van der Waals surface area contributed by atoms with Gasteiger partial charge in [0.2, 0.25) is 0 Å². The first-order chi connectivity index (χ1) is 20.5. The van der Waals surface area contributed by atoms with Crippen LogP contribution in [0.3, 0.4) is 0 Å². The predicted octanol–water partition coefficient (Wildman–Crippen LogP) is 8.65. The third-order valence-corrected chi connectivity index (χ3v) is 8.51. The summed E-state index contributed by atoms with van der Waals surface area (Å²) < 4.78 is 34.0. The van der Waals surface area contributed by atoms with Crippen LogP contribution >= 0.6 is 7.82 Å². The Labute approximate surface area is 256 Å². The average Bonchev–Trinajstić information content (AvgIpc) is 3.42. The highest BCUT2D eigenvalue weighted by molar-refractivity contribution is 7.47. The molecule has 8 nitrogen and oxygen atoms in total. The molecule has 0 radical (unpaired) electrons. The Hall–Kier alpha value is -1.57. The highest BCUT2D eigenvalue weighted by Crippen LogP contribution is 2.44. The highest BCUT2D eigenvalue weighted by Gasteiger charge is 2.25. The first-order valence-corrected chi connectivity index (χ1v) is 18.0. The number of hydrogen-bond acceptors (Lipinski definition) is 7. The van der Waals surface area contributed by atoms with Crippen LogP contribution < -0.4 is 4.52 Å². The van der Waals surface area contributed by atoms with Crippen molar-refractivity contribution in [2.45, 2.75) is 123 Å². The molecule has 0 aliphatic carbocycles. The van der Waals surface area contributed by atoms with E-state index in [1.54, 1.807) is 19.2 Å². The molecule has 2 unspecified atom stereocenters. The number of nitrogens with zero attached hydrogens (tertiary/aromatic N) is 2. The van der Waals surface area contributed by atoms with E-state index >= 15 is 0 Å². The number of methoxy groups -OCH3 is 1. The second kappa shape index (κ2) is 22.9. The maximum absolute atomic E-state index is 12.5. The van der Waals surface area contributed by atoms with E-state index in [9.17, 15) is 9.46 Å². The molecule has 1 aromatic carbocycles. The summed E-state index contributed by atoms with van der Waals surface area (Å²) in [5.41, 5.74) is 1.09. The number of ether oxygens (including phenoxy) is 2. The van der Waals surface area contributed by atoms with Gasteiger partial charge in [0.25, 0.3) is 0 Å². The maximum atomic E-state index is 12.5. The van der Waals surface area contributed by atoms with Crippen molar-refractivity contribution in [2.24, 2.45) is 0 Å². The summed E-state index contributed by atoms with van der Waals surface area (Å²) in [6, 6.07) is 7.18. The van der Waals surface area contributed by atoms with Gasteiger partial charge < -0.3 is 23.8 Å². The third kappa shape index (κ3) is 17.5.